The quantitative estimate of drug-likeness (QED) is 0.805. The van der Waals surface area contributed by atoms with E-state index in [9.17, 15) is 4.79 Å². The lowest BCUT2D eigenvalue weighted by molar-refractivity contribution is 0.0993. The van der Waals surface area contributed by atoms with Crippen LogP contribution in [0.5, 0.6) is 0 Å². The second-order valence-corrected chi connectivity index (χ2v) is 5.45. The monoisotopic (exact) mass is 240 g/mol. The van der Waals surface area contributed by atoms with E-state index in [0.717, 1.165) is 11.5 Å². The largest absolute Gasteiger partial charge is 0.397 e. The molecule has 1 aromatic heterocycles. The van der Waals surface area contributed by atoms with Crippen LogP contribution in [0.4, 0.5) is 10.7 Å². The summed E-state index contributed by atoms with van der Waals surface area (Å²) < 4.78 is 0. The smallest absolute Gasteiger partial charge is 0.174 e. The number of nitrogens with two attached hydrogens (primary N) is 1. The maximum Gasteiger partial charge on any atom is 0.174 e. The van der Waals surface area contributed by atoms with Crippen LogP contribution in [0.25, 0.3) is 0 Å². The number of ketones is 1. The van der Waals surface area contributed by atoms with Crippen LogP contribution in [0.1, 0.15) is 36.9 Å². The van der Waals surface area contributed by atoms with Crippen molar-refractivity contribution in [1.82, 2.24) is 0 Å². The van der Waals surface area contributed by atoms with Gasteiger partial charge in [0.05, 0.1) is 15.6 Å². The summed E-state index contributed by atoms with van der Waals surface area (Å²) in [5.74, 6) is 0.727. The fourth-order valence-corrected chi connectivity index (χ4v) is 2.66. The molecule has 0 bridgehead atoms. The second kappa shape index (κ2) is 5.34. The molecule has 16 heavy (non-hydrogen) atoms. The molecule has 1 aromatic rings. The fourth-order valence-electron chi connectivity index (χ4n) is 1.60. The predicted octanol–water partition coefficient (Wildman–Crippen LogP) is 3.02. The Bertz CT molecular complexity index is 371. The van der Waals surface area contributed by atoms with Gasteiger partial charge >= 0.3 is 0 Å². The van der Waals surface area contributed by atoms with Crippen LogP contribution in [0.15, 0.2) is 6.07 Å². The van der Waals surface area contributed by atoms with E-state index >= 15 is 0 Å². The zero-order chi connectivity index (χ0) is 12.3. The molecule has 4 heteroatoms. The highest BCUT2D eigenvalue weighted by Gasteiger charge is 2.15. The molecule has 0 saturated carbocycles. The zero-order valence-electron chi connectivity index (χ0n) is 10.4. The Labute approximate surface area is 101 Å². The minimum Gasteiger partial charge on any atom is -0.397 e. The highest BCUT2D eigenvalue weighted by molar-refractivity contribution is 7.18. The average molecular weight is 240 g/mol. The first-order valence-electron chi connectivity index (χ1n) is 5.59. The summed E-state index contributed by atoms with van der Waals surface area (Å²) in [7, 11) is 2.03. The number of hydrogen-bond acceptors (Lipinski definition) is 4. The number of anilines is 2. The minimum absolute atomic E-state index is 0.131. The van der Waals surface area contributed by atoms with E-state index in [-0.39, 0.29) is 5.78 Å². The van der Waals surface area contributed by atoms with Crippen molar-refractivity contribution >= 4 is 27.8 Å². The molecule has 0 aliphatic carbocycles. The lowest BCUT2D eigenvalue weighted by atomic mass is 10.2. The Kier molecular flexibility index (Phi) is 4.35. The SMILES string of the molecule is CCC(=O)c1sc(N(C)CC(C)C)cc1N. The molecule has 0 unspecified atom stereocenters. The lowest BCUT2D eigenvalue weighted by Crippen LogP contribution is -2.21. The Hall–Kier alpha value is -1.03. The van der Waals surface area contributed by atoms with Crippen molar-refractivity contribution in [3.8, 4) is 0 Å². The van der Waals surface area contributed by atoms with Gasteiger partial charge < -0.3 is 10.6 Å². The van der Waals surface area contributed by atoms with Gasteiger partial charge in [0.25, 0.3) is 0 Å². The number of Topliss-reactive ketones (excluding diaryl/α,β-unsaturated/α-hetero) is 1. The van der Waals surface area contributed by atoms with Crippen LogP contribution in [-0.2, 0) is 0 Å². The van der Waals surface area contributed by atoms with Crippen LogP contribution >= 0.6 is 11.3 Å². The topological polar surface area (TPSA) is 46.3 Å². The first kappa shape index (κ1) is 13.0. The molecule has 0 saturated heterocycles. The van der Waals surface area contributed by atoms with Crippen LogP contribution < -0.4 is 10.6 Å². The molecule has 0 aromatic carbocycles. The Morgan fingerprint density at radius 2 is 2.19 bits per heavy atom. The molecule has 0 radical (unpaired) electrons. The molecule has 90 valence electrons. The van der Waals surface area contributed by atoms with Gasteiger partial charge in [-0.25, -0.2) is 0 Å². The highest BCUT2D eigenvalue weighted by atomic mass is 32.1. The van der Waals surface area contributed by atoms with Gasteiger partial charge in [-0.3, -0.25) is 4.79 Å². The van der Waals surface area contributed by atoms with Gasteiger partial charge in [-0.2, -0.15) is 0 Å². The Balaban J connectivity index is 2.87. The normalized spacial score (nSPS) is 10.8. The summed E-state index contributed by atoms with van der Waals surface area (Å²) in [4.78, 5) is 14.5. The van der Waals surface area contributed by atoms with E-state index in [0.29, 0.717) is 22.9 Å². The van der Waals surface area contributed by atoms with E-state index < -0.39 is 0 Å². The second-order valence-electron chi connectivity index (χ2n) is 4.42. The van der Waals surface area contributed by atoms with E-state index in [2.05, 4.69) is 18.7 Å². The number of hydrogen-bond donors (Lipinski definition) is 1. The molecule has 1 heterocycles. The summed E-state index contributed by atoms with van der Waals surface area (Å²) >= 11 is 1.49. The van der Waals surface area contributed by atoms with Crippen molar-refractivity contribution in [2.45, 2.75) is 27.2 Å². The molecule has 0 aliphatic rings. The molecule has 0 aliphatic heterocycles. The summed E-state index contributed by atoms with van der Waals surface area (Å²) in [5, 5.41) is 1.07. The van der Waals surface area contributed by atoms with Gasteiger partial charge in [0.1, 0.15) is 0 Å². The third kappa shape index (κ3) is 2.98. The Morgan fingerprint density at radius 3 is 2.69 bits per heavy atom. The third-order valence-electron chi connectivity index (χ3n) is 2.34. The van der Waals surface area contributed by atoms with E-state index in [1.54, 1.807) is 0 Å². The maximum atomic E-state index is 11.6. The number of rotatable bonds is 5. The summed E-state index contributed by atoms with van der Waals surface area (Å²) in [6.45, 7) is 7.18. The van der Waals surface area contributed by atoms with Crippen molar-refractivity contribution in [1.29, 1.82) is 0 Å². The Morgan fingerprint density at radius 1 is 1.56 bits per heavy atom. The molecular weight excluding hydrogens is 220 g/mol. The van der Waals surface area contributed by atoms with Crippen LogP contribution in [0, 0.1) is 5.92 Å². The molecule has 0 spiro atoms. The zero-order valence-corrected chi connectivity index (χ0v) is 11.2. The van der Waals surface area contributed by atoms with Gasteiger partial charge in [0, 0.05) is 20.0 Å². The molecule has 2 N–H and O–H groups in total. The maximum absolute atomic E-state index is 11.6. The molecule has 0 atom stereocenters. The summed E-state index contributed by atoms with van der Waals surface area (Å²) in [5.41, 5.74) is 6.46. The van der Waals surface area contributed by atoms with E-state index in [1.165, 1.54) is 11.3 Å². The van der Waals surface area contributed by atoms with Crippen LogP contribution in [0.3, 0.4) is 0 Å². The number of nitrogens with zero attached hydrogens (tertiary/aromatic N) is 1. The minimum atomic E-state index is 0.131. The molecular formula is C12H20N2OS. The summed E-state index contributed by atoms with van der Waals surface area (Å²) in [6.07, 6.45) is 0.512. The van der Waals surface area contributed by atoms with Gasteiger partial charge in [-0.05, 0) is 12.0 Å². The van der Waals surface area contributed by atoms with Crippen molar-refractivity contribution in [3.05, 3.63) is 10.9 Å². The first-order chi connectivity index (χ1) is 7.45. The van der Waals surface area contributed by atoms with Gasteiger partial charge in [-0.1, -0.05) is 20.8 Å². The van der Waals surface area contributed by atoms with Crippen molar-refractivity contribution in [3.63, 3.8) is 0 Å². The van der Waals surface area contributed by atoms with Gasteiger partial charge in [0.15, 0.2) is 5.78 Å². The number of thiophene rings is 1. The molecule has 3 nitrogen and oxygen atoms in total. The van der Waals surface area contributed by atoms with E-state index in [1.807, 2.05) is 20.0 Å². The van der Waals surface area contributed by atoms with Gasteiger partial charge in [-0.15, -0.1) is 11.3 Å². The summed E-state index contributed by atoms with van der Waals surface area (Å²) in [6, 6.07) is 1.90. The van der Waals surface area contributed by atoms with E-state index in [4.69, 9.17) is 5.73 Å². The molecule has 1 rings (SSSR count). The molecule has 0 fully saturated rings. The van der Waals surface area contributed by atoms with Crippen LogP contribution in [0.2, 0.25) is 0 Å². The standard InChI is InChI=1S/C12H20N2OS/c1-5-10(15)12-9(13)6-11(16-12)14(4)7-8(2)3/h6,8H,5,7,13H2,1-4H3. The third-order valence-corrected chi connectivity index (χ3v) is 3.64. The van der Waals surface area contributed by atoms with Crippen molar-refractivity contribution < 1.29 is 4.79 Å². The highest BCUT2D eigenvalue weighted by Crippen LogP contribution is 2.32. The average Bonchev–Trinajstić information content (AvgIpc) is 2.58. The predicted molar refractivity (Wildman–Crippen MR) is 71.5 cm³/mol. The number of nitrogen functional groups attached to an aromatic ring is 1. The number of carbonyl (C=O) groups is 1. The van der Waals surface area contributed by atoms with Crippen molar-refractivity contribution in [2.75, 3.05) is 24.2 Å². The van der Waals surface area contributed by atoms with Crippen molar-refractivity contribution in [2.24, 2.45) is 5.92 Å². The lowest BCUT2D eigenvalue weighted by Gasteiger charge is -2.18. The molecule has 0 amide bonds. The van der Waals surface area contributed by atoms with Gasteiger partial charge in [0.2, 0.25) is 0 Å². The first-order valence-corrected chi connectivity index (χ1v) is 6.41. The number of carbonyl (C=O) groups excluding carboxylic acids is 1. The fraction of sp³-hybridized carbons (Fsp3) is 0.583. The van der Waals surface area contributed by atoms with Crippen LogP contribution in [-0.4, -0.2) is 19.4 Å².